The first-order valence-electron chi connectivity index (χ1n) is 10.2. The van der Waals surface area contributed by atoms with Gasteiger partial charge in [0.15, 0.2) is 0 Å². The maximum atomic E-state index is 13.3. The smallest absolute Gasteiger partial charge is 0.260 e. The number of carbonyl (C=O) groups is 3. The number of hydrogen-bond acceptors (Lipinski definition) is 5. The van der Waals surface area contributed by atoms with Gasteiger partial charge in [-0.2, -0.15) is 0 Å². The zero-order chi connectivity index (χ0) is 22.2. The minimum absolute atomic E-state index is 0.0701. The van der Waals surface area contributed by atoms with Gasteiger partial charge in [-0.05, 0) is 24.3 Å². The van der Waals surface area contributed by atoms with Gasteiger partial charge in [0.05, 0.1) is 30.2 Å². The van der Waals surface area contributed by atoms with Gasteiger partial charge in [-0.3, -0.25) is 19.3 Å². The monoisotopic (exact) mass is 428 g/mol. The number of fused-ring (bicyclic) bond motifs is 5. The van der Waals surface area contributed by atoms with Crippen molar-refractivity contribution in [3.05, 3.63) is 83.6 Å². The maximum Gasteiger partial charge on any atom is 0.260 e. The van der Waals surface area contributed by atoms with Crippen LogP contribution in [0.5, 0.6) is 5.88 Å². The number of nitrogens with zero attached hydrogens (tertiary/aromatic N) is 3. The molecule has 0 radical (unpaired) electrons. The molecule has 0 spiro atoms. The molecule has 0 fully saturated rings. The third kappa shape index (κ3) is 3.17. The number of rotatable bonds is 5. The van der Waals surface area contributed by atoms with Crippen molar-refractivity contribution in [3.8, 4) is 5.88 Å². The van der Waals surface area contributed by atoms with Gasteiger partial charge in [0.25, 0.3) is 11.8 Å². The predicted molar refractivity (Wildman–Crippen MR) is 118 cm³/mol. The number of benzene rings is 2. The van der Waals surface area contributed by atoms with E-state index in [1.165, 1.54) is 13.3 Å². The summed E-state index contributed by atoms with van der Waals surface area (Å²) in [6.45, 7) is 0.158. The summed E-state index contributed by atoms with van der Waals surface area (Å²) >= 11 is 0. The molecule has 2 aromatic carbocycles. The second-order valence-electron chi connectivity index (χ2n) is 7.54. The van der Waals surface area contributed by atoms with Gasteiger partial charge < -0.3 is 15.0 Å². The minimum Gasteiger partial charge on any atom is -0.481 e. The largest absolute Gasteiger partial charge is 0.481 e. The van der Waals surface area contributed by atoms with Gasteiger partial charge in [0.1, 0.15) is 6.17 Å². The zero-order valence-electron chi connectivity index (χ0n) is 17.3. The lowest BCUT2D eigenvalue weighted by atomic mass is 10.0. The molecule has 3 aromatic rings. The highest BCUT2D eigenvalue weighted by Gasteiger charge is 2.47. The summed E-state index contributed by atoms with van der Waals surface area (Å²) in [6.07, 6.45) is 1.00. The number of aromatic nitrogens is 1. The Bertz CT molecular complexity index is 1220. The predicted octanol–water partition coefficient (Wildman–Crippen LogP) is 3.23. The van der Waals surface area contributed by atoms with E-state index in [2.05, 4.69) is 10.3 Å². The fourth-order valence-corrected chi connectivity index (χ4v) is 4.22. The number of methoxy groups -OCH3 is 1. The van der Waals surface area contributed by atoms with Crippen molar-refractivity contribution >= 4 is 29.1 Å². The lowest BCUT2D eigenvalue weighted by molar-refractivity contribution is -0.116. The van der Waals surface area contributed by atoms with Gasteiger partial charge >= 0.3 is 0 Å². The maximum absolute atomic E-state index is 13.3. The summed E-state index contributed by atoms with van der Waals surface area (Å²) in [7, 11) is 1.52. The molecule has 8 heteroatoms. The first-order valence-corrected chi connectivity index (χ1v) is 10.2. The molecule has 1 atom stereocenters. The zero-order valence-corrected chi connectivity index (χ0v) is 17.3. The third-order valence-electron chi connectivity index (χ3n) is 5.69. The normalized spacial score (nSPS) is 16.3. The molecule has 2 aliphatic heterocycles. The number of hydrogen-bond donors (Lipinski definition) is 1. The van der Waals surface area contributed by atoms with Crippen LogP contribution in [0.4, 0.5) is 11.4 Å². The van der Waals surface area contributed by atoms with Crippen LogP contribution in [0.15, 0.2) is 66.9 Å². The summed E-state index contributed by atoms with van der Waals surface area (Å²) in [6, 6.07) is 17.7. The third-order valence-corrected chi connectivity index (χ3v) is 5.69. The average molecular weight is 428 g/mol. The lowest BCUT2D eigenvalue weighted by Gasteiger charge is -2.40. The fourth-order valence-electron chi connectivity index (χ4n) is 4.22. The molecular formula is C24H20N4O4. The Morgan fingerprint density at radius 1 is 1.00 bits per heavy atom. The summed E-state index contributed by atoms with van der Waals surface area (Å²) < 4.78 is 5.02. The number of carbonyl (C=O) groups excluding carboxylic acids is 3. The average Bonchev–Trinajstić information content (AvgIpc) is 3.12. The van der Waals surface area contributed by atoms with Gasteiger partial charge in [0.2, 0.25) is 11.8 Å². The summed E-state index contributed by atoms with van der Waals surface area (Å²) in [5.41, 5.74) is 2.91. The molecule has 0 unspecified atom stereocenters. The van der Waals surface area contributed by atoms with E-state index < -0.39 is 6.17 Å². The van der Waals surface area contributed by atoms with E-state index in [0.29, 0.717) is 28.4 Å². The minimum atomic E-state index is -0.573. The number of amides is 3. The van der Waals surface area contributed by atoms with Crippen molar-refractivity contribution in [2.75, 3.05) is 23.9 Å². The Kier molecular flexibility index (Phi) is 4.82. The number of pyridine rings is 1. The molecule has 5 rings (SSSR count). The van der Waals surface area contributed by atoms with Gasteiger partial charge in [0, 0.05) is 30.2 Å². The SMILES string of the molecule is COc1ccc(NC(=O)CCN2C(=O)c3ccccc3N3C(=O)c4ccccc4[C@H]23)cn1. The van der Waals surface area contributed by atoms with Crippen LogP contribution in [-0.2, 0) is 4.79 Å². The number of ether oxygens (including phenoxy) is 1. The second kappa shape index (κ2) is 7.81. The van der Waals surface area contributed by atoms with Crippen LogP contribution in [0.3, 0.4) is 0 Å². The Morgan fingerprint density at radius 2 is 1.75 bits per heavy atom. The number of anilines is 2. The van der Waals surface area contributed by atoms with Gasteiger partial charge in [-0.1, -0.05) is 30.3 Å². The molecule has 0 saturated carbocycles. The Labute approximate surface area is 184 Å². The van der Waals surface area contributed by atoms with Gasteiger partial charge in [-0.25, -0.2) is 4.98 Å². The quantitative estimate of drug-likeness (QED) is 0.674. The van der Waals surface area contributed by atoms with Crippen molar-refractivity contribution in [1.82, 2.24) is 9.88 Å². The molecule has 32 heavy (non-hydrogen) atoms. The first-order chi connectivity index (χ1) is 15.6. The molecule has 0 aliphatic carbocycles. The highest BCUT2D eigenvalue weighted by atomic mass is 16.5. The highest BCUT2D eigenvalue weighted by molar-refractivity contribution is 6.16. The number of nitrogens with one attached hydrogen (secondary N) is 1. The van der Waals surface area contributed by atoms with Gasteiger partial charge in [-0.15, -0.1) is 0 Å². The Balaban J connectivity index is 1.41. The van der Waals surface area contributed by atoms with E-state index in [1.807, 2.05) is 24.3 Å². The Morgan fingerprint density at radius 3 is 2.50 bits per heavy atom. The van der Waals surface area contributed by atoms with E-state index in [-0.39, 0.29) is 30.7 Å². The summed E-state index contributed by atoms with van der Waals surface area (Å²) in [5, 5.41) is 2.78. The topological polar surface area (TPSA) is 91.8 Å². The standard InChI is InChI=1S/C24H20N4O4/c1-32-21-11-10-15(14-25-21)26-20(29)12-13-27-22-16-6-2-3-7-17(16)24(31)28(22)19-9-5-4-8-18(19)23(27)30/h2-11,14,22H,12-13H2,1H3,(H,26,29)/t22-/m1/s1. The van der Waals surface area contributed by atoms with E-state index in [1.54, 1.807) is 46.2 Å². The van der Waals surface area contributed by atoms with Crippen LogP contribution < -0.4 is 15.0 Å². The van der Waals surface area contributed by atoms with Crippen molar-refractivity contribution < 1.29 is 19.1 Å². The Hall–Kier alpha value is -4.20. The molecule has 0 saturated heterocycles. The molecule has 2 aliphatic rings. The molecule has 3 amide bonds. The molecule has 8 nitrogen and oxygen atoms in total. The van der Waals surface area contributed by atoms with E-state index in [4.69, 9.17) is 4.74 Å². The molecule has 3 heterocycles. The number of para-hydroxylation sites is 1. The van der Waals surface area contributed by atoms with Crippen molar-refractivity contribution in [2.24, 2.45) is 0 Å². The van der Waals surface area contributed by atoms with Crippen LogP contribution in [0.1, 0.15) is 38.9 Å². The summed E-state index contributed by atoms with van der Waals surface area (Å²) in [4.78, 5) is 46.4. The van der Waals surface area contributed by atoms with E-state index in [9.17, 15) is 14.4 Å². The molecule has 1 N–H and O–H groups in total. The van der Waals surface area contributed by atoms with Crippen LogP contribution in [0.25, 0.3) is 0 Å². The van der Waals surface area contributed by atoms with Crippen molar-refractivity contribution in [1.29, 1.82) is 0 Å². The second-order valence-corrected chi connectivity index (χ2v) is 7.54. The van der Waals surface area contributed by atoms with E-state index in [0.717, 1.165) is 5.56 Å². The van der Waals surface area contributed by atoms with Crippen molar-refractivity contribution in [3.63, 3.8) is 0 Å². The lowest BCUT2D eigenvalue weighted by Crippen LogP contribution is -2.48. The fraction of sp³-hybridized carbons (Fsp3) is 0.167. The highest BCUT2D eigenvalue weighted by Crippen LogP contribution is 2.45. The van der Waals surface area contributed by atoms with E-state index >= 15 is 0 Å². The summed E-state index contributed by atoms with van der Waals surface area (Å²) in [5.74, 6) is -0.160. The van der Waals surface area contributed by atoms with Crippen LogP contribution >= 0.6 is 0 Å². The first kappa shape index (κ1) is 19.7. The van der Waals surface area contributed by atoms with Crippen molar-refractivity contribution in [2.45, 2.75) is 12.6 Å². The molecule has 0 bridgehead atoms. The molecule has 160 valence electrons. The van der Waals surface area contributed by atoms with Crippen LogP contribution in [-0.4, -0.2) is 41.3 Å². The molecular weight excluding hydrogens is 408 g/mol. The molecule has 1 aromatic heterocycles. The van der Waals surface area contributed by atoms with Crippen LogP contribution in [0.2, 0.25) is 0 Å². The van der Waals surface area contributed by atoms with Crippen LogP contribution in [0, 0.1) is 0 Å².